The van der Waals surface area contributed by atoms with Crippen LogP contribution in [-0.4, -0.2) is 24.9 Å². The molecule has 1 radical (unpaired) electrons. The van der Waals surface area contributed by atoms with E-state index in [1.807, 2.05) is 0 Å². The first kappa shape index (κ1) is 10.6. The lowest BCUT2D eigenvalue weighted by atomic mass is 10.2. The summed E-state index contributed by atoms with van der Waals surface area (Å²) >= 11 is 0. The predicted molar refractivity (Wildman–Crippen MR) is 58.3 cm³/mol. The Kier molecular flexibility index (Phi) is 3.14. The lowest BCUT2D eigenvalue weighted by Gasteiger charge is -2.03. The van der Waals surface area contributed by atoms with Crippen molar-refractivity contribution in [3.05, 3.63) is 30.2 Å². The smallest absolute Gasteiger partial charge is 0.254 e. The van der Waals surface area contributed by atoms with Crippen molar-refractivity contribution in [3.63, 3.8) is 0 Å². The van der Waals surface area contributed by atoms with Gasteiger partial charge in [-0.1, -0.05) is 13.3 Å². The van der Waals surface area contributed by atoms with Crippen molar-refractivity contribution in [2.24, 2.45) is 0 Å². The number of hydrogen-bond acceptors (Lipinski definition) is 4. The van der Waals surface area contributed by atoms with Gasteiger partial charge in [0.1, 0.15) is 0 Å². The maximum atomic E-state index is 9.44. The van der Waals surface area contributed by atoms with Crippen LogP contribution in [-0.2, 0) is 6.42 Å². The number of hydrogen-bond donors (Lipinski definition) is 1. The van der Waals surface area contributed by atoms with Crippen LogP contribution in [0.15, 0.2) is 18.5 Å². The van der Waals surface area contributed by atoms with E-state index in [4.69, 9.17) is 0 Å². The van der Waals surface area contributed by atoms with Gasteiger partial charge in [-0.25, -0.2) is 9.67 Å². The summed E-state index contributed by atoms with van der Waals surface area (Å²) in [6.45, 7) is 2.11. The number of unbranched alkanes of at least 4 members (excludes halogenated alkanes) is 1. The summed E-state index contributed by atoms with van der Waals surface area (Å²) in [6, 6.07) is 4.52. The van der Waals surface area contributed by atoms with Gasteiger partial charge >= 0.3 is 0 Å². The second-order valence-corrected chi connectivity index (χ2v) is 3.47. The molecule has 5 nitrogen and oxygen atoms in total. The molecule has 0 aliphatic heterocycles. The third-order valence-electron chi connectivity index (χ3n) is 2.17. The second-order valence-electron chi connectivity index (χ2n) is 3.47. The molecular formula is C11H13N4O. The van der Waals surface area contributed by atoms with Gasteiger partial charge in [0.15, 0.2) is 0 Å². The molecule has 2 heterocycles. The summed E-state index contributed by atoms with van der Waals surface area (Å²) in [5.74, 6) is 0.249. The van der Waals surface area contributed by atoms with Gasteiger partial charge in [-0.15, -0.1) is 0 Å². The molecule has 5 heteroatoms. The largest absolute Gasteiger partial charge is 0.493 e. The van der Waals surface area contributed by atoms with Crippen LogP contribution in [0.3, 0.4) is 0 Å². The minimum absolute atomic E-state index is 0.133. The summed E-state index contributed by atoms with van der Waals surface area (Å²) in [5.41, 5.74) is 0.722. The number of aromatic nitrogens is 4. The SMILES string of the molecule is CCCCc1[c]c(O)nc(-n2cccn2)n1. The van der Waals surface area contributed by atoms with Gasteiger partial charge in [0.2, 0.25) is 5.88 Å². The first-order valence-electron chi connectivity index (χ1n) is 5.29. The van der Waals surface area contributed by atoms with Crippen LogP contribution in [0.2, 0.25) is 0 Å². The van der Waals surface area contributed by atoms with Gasteiger partial charge in [-0.2, -0.15) is 10.1 Å². The molecule has 1 N–H and O–H groups in total. The van der Waals surface area contributed by atoms with Gasteiger partial charge < -0.3 is 5.11 Å². The summed E-state index contributed by atoms with van der Waals surface area (Å²) < 4.78 is 1.52. The molecule has 0 spiro atoms. The molecule has 2 aromatic rings. The monoisotopic (exact) mass is 217 g/mol. The topological polar surface area (TPSA) is 63.8 Å². The average Bonchev–Trinajstić information content (AvgIpc) is 2.79. The molecular weight excluding hydrogens is 204 g/mol. The standard InChI is InChI=1S/C11H13N4O/c1-2-3-5-9-8-10(16)14-11(13-9)15-7-4-6-12-15/h4,6-7H,2-3,5H2,1H3,(H,13,14,16). The van der Waals surface area contributed by atoms with Gasteiger partial charge in [-0.3, -0.25) is 0 Å². The van der Waals surface area contributed by atoms with Crippen molar-refractivity contribution in [1.29, 1.82) is 0 Å². The molecule has 0 saturated heterocycles. The average molecular weight is 217 g/mol. The molecule has 0 bridgehead atoms. The lowest BCUT2D eigenvalue weighted by Crippen LogP contribution is -2.04. The number of rotatable bonds is 4. The zero-order valence-electron chi connectivity index (χ0n) is 9.09. The van der Waals surface area contributed by atoms with Crippen molar-refractivity contribution < 1.29 is 5.11 Å². The van der Waals surface area contributed by atoms with Crippen LogP contribution in [0.25, 0.3) is 5.95 Å². The highest BCUT2D eigenvalue weighted by atomic mass is 16.3. The van der Waals surface area contributed by atoms with E-state index in [2.05, 4.69) is 28.1 Å². The van der Waals surface area contributed by atoms with Crippen molar-refractivity contribution in [2.75, 3.05) is 0 Å². The third-order valence-corrected chi connectivity index (χ3v) is 2.17. The Hall–Kier alpha value is -1.91. The van der Waals surface area contributed by atoms with Crippen molar-refractivity contribution in [1.82, 2.24) is 19.7 Å². The fourth-order valence-corrected chi connectivity index (χ4v) is 1.38. The predicted octanol–water partition coefficient (Wildman–Crippen LogP) is 1.51. The Labute approximate surface area is 93.8 Å². The highest BCUT2D eigenvalue weighted by molar-refractivity contribution is 5.20. The summed E-state index contributed by atoms with van der Waals surface area (Å²) in [6.07, 6.45) is 6.27. The maximum absolute atomic E-state index is 9.44. The van der Waals surface area contributed by atoms with Gasteiger partial charge in [0.25, 0.3) is 5.95 Å². The van der Waals surface area contributed by atoms with Gasteiger partial charge in [0.05, 0.1) is 11.8 Å². The summed E-state index contributed by atoms with van der Waals surface area (Å²) in [5, 5.41) is 13.5. The maximum Gasteiger partial charge on any atom is 0.254 e. The first-order valence-corrected chi connectivity index (χ1v) is 5.29. The van der Waals surface area contributed by atoms with E-state index in [9.17, 15) is 5.11 Å². The Morgan fingerprint density at radius 1 is 1.44 bits per heavy atom. The fraction of sp³-hybridized carbons (Fsp3) is 0.364. The molecule has 0 saturated carbocycles. The Morgan fingerprint density at radius 3 is 3.00 bits per heavy atom. The number of aryl methyl sites for hydroxylation is 1. The lowest BCUT2D eigenvalue weighted by molar-refractivity contribution is 0.446. The number of aromatic hydroxyl groups is 1. The molecule has 2 rings (SSSR count). The first-order chi connectivity index (χ1) is 7.79. The highest BCUT2D eigenvalue weighted by Crippen LogP contribution is 2.11. The van der Waals surface area contributed by atoms with Gasteiger partial charge in [0, 0.05) is 12.4 Å². The summed E-state index contributed by atoms with van der Waals surface area (Å²) in [4.78, 5) is 8.16. The molecule has 0 amide bonds. The van der Waals surface area contributed by atoms with E-state index in [1.54, 1.807) is 18.5 Å². The van der Waals surface area contributed by atoms with Crippen LogP contribution in [0.4, 0.5) is 0 Å². The van der Waals surface area contributed by atoms with Crippen LogP contribution in [0, 0.1) is 6.07 Å². The quantitative estimate of drug-likeness (QED) is 0.843. The molecule has 0 aliphatic rings. The minimum Gasteiger partial charge on any atom is -0.493 e. The van der Waals surface area contributed by atoms with E-state index >= 15 is 0 Å². The Bertz CT molecular complexity index is 453. The molecule has 0 fully saturated rings. The molecule has 0 atom stereocenters. The molecule has 16 heavy (non-hydrogen) atoms. The normalized spacial score (nSPS) is 10.6. The second kappa shape index (κ2) is 4.74. The molecule has 0 aliphatic carbocycles. The minimum atomic E-state index is -0.133. The molecule has 83 valence electrons. The summed E-state index contributed by atoms with van der Waals surface area (Å²) in [7, 11) is 0. The van der Waals surface area contributed by atoms with Crippen LogP contribution in [0.5, 0.6) is 5.88 Å². The van der Waals surface area contributed by atoms with Crippen molar-refractivity contribution in [2.45, 2.75) is 26.2 Å². The fourth-order valence-electron chi connectivity index (χ4n) is 1.38. The third kappa shape index (κ3) is 2.36. The van der Waals surface area contributed by atoms with E-state index in [-0.39, 0.29) is 5.88 Å². The van der Waals surface area contributed by atoms with E-state index in [0.29, 0.717) is 5.95 Å². The van der Waals surface area contributed by atoms with Crippen LogP contribution in [0.1, 0.15) is 25.5 Å². The Morgan fingerprint density at radius 2 is 2.31 bits per heavy atom. The van der Waals surface area contributed by atoms with Crippen LogP contribution < -0.4 is 0 Å². The molecule has 0 aromatic carbocycles. The Balaban J connectivity index is 2.29. The van der Waals surface area contributed by atoms with Crippen molar-refractivity contribution in [3.8, 4) is 11.8 Å². The van der Waals surface area contributed by atoms with Gasteiger partial charge in [-0.05, 0) is 18.9 Å². The zero-order chi connectivity index (χ0) is 11.4. The van der Waals surface area contributed by atoms with E-state index in [0.717, 1.165) is 25.0 Å². The highest BCUT2D eigenvalue weighted by Gasteiger charge is 2.06. The van der Waals surface area contributed by atoms with E-state index in [1.165, 1.54) is 4.68 Å². The number of nitrogens with zero attached hydrogens (tertiary/aromatic N) is 4. The van der Waals surface area contributed by atoms with Crippen molar-refractivity contribution >= 4 is 0 Å². The molecule has 0 unspecified atom stereocenters. The van der Waals surface area contributed by atoms with Crippen LogP contribution >= 0.6 is 0 Å². The zero-order valence-corrected chi connectivity index (χ0v) is 9.09. The molecule has 2 aromatic heterocycles. The van der Waals surface area contributed by atoms with E-state index < -0.39 is 0 Å².